The van der Waals surface area contributed by atoms with Crippen LogP contribution < -0.4 is 0 Å². The summed E-state index contributed by atoms with van der Waals surface area (Å²) in [7, 11) is 0. The highest BCUT2D eigenvalue weighted by molar-refractivity contribution is 6.31. The fourth-order valence-electron chi connectivity index (χ4n) is 1.63. The Hall–Kier alpha value is -0.700. The number of alkyl halides is 3. The first-order valence-electron chi connectivity index (χ1n) is 5.16. The normalized spacial score (nSPS) is 12.2. The maximum Gasteiger partial charge on any atom is 0.416 e. The highest BCUT2D eigenvalue weighted by Gasteiger charge is 2.33. The van der Waals surface area contributed by atoms with Gasteiger partial charge in [0.05, 0.1) is 5.56 Å². The minimum atomic E-state index is -4.31. The summed E-state index contributed by atoms with van der Waals surface area (Å²) >= 11 is 5.96. The molecule has 0 spiro atoms. The number of benzene rings is 1. The average Bonchev–Trinajstić information content (AvgIpc) is 2.14. The number of hydrogen-bond donors (Lipinski definition) is 0. The Morgan fingerprint density at radius 1 is 1.25 bits per heavy atom. The lowest BCUT2D eigenvalue weighted by Gasteiger charge is -2.16. The third-order valence-electron chi connectivity index (χ3n) is 2.53. The van der Waals surface area contributed by atoms with Crippen molar-refractivity contribution in [3.63, 3.8) is 0 Å². The Labute approximate surface area is 98.4 Å². The Kier molecular flexibility index (Phi) is 3.89. The van der Waals surface area contributed by atoms with Gasteiger partial charge in [0, 0.05) is 5.02 Å². The van der Waals surface area contributed by atoms with Crippen LogP contribution in [0.25, 0.3) is 0 Å². The quantitative estimate of drug-likeness (QED) is 0.689. The van der Waals surface area contributed by atoms with Crippen LogP contribution in [-0.4, -0.2) is 0 Å². The predicted molar refractivity (Wildman–Crippen MR) is 59.9 cm³/mol. The highest BCUT2D eigenvalue weighted by Crippen LogP contribution is 2.37. The van der Waals surface area contributed by atoms with Crippen molar-refractivity contribution in [2.24, 2.45) is 0 Å². The van der Waals surface area contributed by atoms with E-state index < -0.39 is 11.7 Å². The number of halogens is 4. The smallest absolute Gasteiger partial charge is 0.166 e. The van der Waals surface area contributed by atoms with E-state index in [1.807, 2.05) is 13.8 Å². The van der Waals surface area contributed by atoms with Crippen molar-refractivity contribution in [2.45, 2.75) is 39.3 Å². The zero-order valence-corrected chi connectivity index (χ0v) is 10.2. The van der Waals surface area contributed by atoms with Crippen molar-refractivity contribution in [3.8, 4) is 0 Å². The van der Waals surface area contributed by atoms with Gasteiger partial charge in [-0.25, -0.2) is 0 Å². The van der Waals surface area contributed by atoms with E-state index in [1.54, 1.807) is 6.92 Å². The standard InChI is InChI=1S/C12H14ClF3/c1-4-8-5-11(13)9(7(2)3)6-10(8)12(14,15)16/h5-7H,4H2,1-3H3. The van der Waals surface area contributed by atoms with Crippen LogP contribution in [0.15, 0.2) is 12.1 Å². The molecule has 0 fully saturated rings. The van der Waals surface area contributed by atoms with Crippen molar-refractivity contribution in [1.82, 2.24) is 0 Å². The van der Waals surface area contributed by atoms with E-state index in [4.69, 9.17) is 11.6 Å². The van der Waals surface area contributed by atoms with E-state index in [2.05, 4.69) is 0 Å². The van der Waals surface area contributed by atoms with E-state index >= 15 is 0 Å². The van der Waals surface area contributed by atoms with Crippen LogP contribution in [0.3, 0.4) is 0 Å². The fraction of sp³-hybridized carbons (Fsp3) is 0.500. The van der Waals surface area contributed by atoms with Gasteiger partial charge in [-0.05, 0) is 35.6 Å². The third kappa shape index (κ3) is 2.70. The van der Waals surface area contributed by atoms with Gasteiger partial charge in [-0.2, -0.15) is 13.2 Å². The first kappa shape index (κ1) is 13.4. The van der Waals surface area contributed by atoms with Gasteiger partial charge in [0.15, 0.2) is 0 Å². The van der Waals surface area contributed by atoms with Gasteiger partial charge in [-0.15, -0.1) is 0 Å². The third-order valence-corrected chi connectivity index (χ3v) is 2.86. The van der Waals surface area contributed by atoms with Crippen LogP contribution in [0.2, 0.25) is 5.02 Å². The van der Waals surface area contributed by atoms with Crippen molar-refractivity contribution in [3.05, 3.63) is 33.8 Å². The molecule has 0 bridgehead atoms. The second-order valence-corrected chi connectivity index (χ2v) is 4.44. The molecule has 0 aliphatic carbocycles. The lowest BCUT2D eigenvalue weighted by molar-refractivity contribution is -0.138. The van der Waals surface area contributed by atoms with E-state index in [-0.39, 0.29) is 11.5 Å². The summed E-state index contributed by atoms with van der Waals surface area (Å²) in [5, 5.41) is 0.417. The van der Waals surface area contributed by atoms with Crippen molar-refractivity contribution in [2.75, 3.05) is 0 Å². The minimum absolute atomic E-state index is 0.0143. The summed E-state index contributed by atoms with van der Waals surface area (Å²) in [4.78, 5) is 0. The maximum absolute atomic E-state index is 12.8. The van der Waals surface area contributed by atoms with E-state index in [9.17, 15) is 13.2 Å². The van der Waals surface area contributed by atoms with E-state index in [1.165, 1.54) is 12.1 Å². The molecule has 0 aliphatic heterocycles. The Morgan fingerprint density at radius 3 is 2.19 bits per heavy atom. The van der Waals surface area contributed by atoms with Crippen molar-refractivity contribution < 1.29 is 13.2 Å². The summed E-state index contributed by atoms with van der Waals surface area (Å²) in [5.74, 6) is -0.0143. The molecular formula is C12H14ClF3. The first-order chi connectivity index (χ1) is 7.27. The molecule has 0 unspecified atom stereocenters. The van der Waals surface area contributed by atoms with Gasteiger partial charge in [0.25, 0.3) is 0 Å². The summed E-state index contributed by atoms with van der Waals surface area (Å²) in [6.45, 7) is 5.34. The van der Waals surface area contributed by atoms with Crippen LogP contribution in [0.1, 0.15) is 43.4 Å². The van der Waals surface area contributed by atoms with Crippen molar-refractivity contribution in [1.29, 1.82) is 0 Å². The largest absolute Gasteiger partial charge is 0.416 e. The summed E-state index contributed by atoms with van der Waals surface area (Å²) in [6, 6.07) is 2.60. The maximum atomic E-state index is 12.8. The molecule has 16 heavy (non-hydrogen) atoms. The SMILES string of the molecule is CCc1cc(Cl)c(C(C)C)cc1C(F)(F)F. The molecule has 0 radical (unpaired) electrons. The van der Waals surface area contributed by atoms with Gasteiger partial charge < -0.3 is 0 Å². The topological polar surface area (TPSA) is 0 Å². The van der Waals surface area contributed by atoms with E-state index in [0.29, 0.717) is 17.0 Å². The predicted octanol–water partition coefficient (Wildman–Crippen LogP) is 5.04. The molecular weight excluding hydrogens is 237 g/mol. The Morgan fingerprint density at radius 2 is 1.81 bits per heavy atom. The molecule has 0 N–H and O–H groups in total. The van der Waals surface area contributed by atoms with Gasteiger partial charge in [0.1, 0.15) is 0 Å². The second kappa shape index (κ2) is 4.66. The van der Waals surface area contributed by atoms with Crippen LogP contribution in [0.4, 0.5) is 13.2 Å². The molecule has 90 valence electrons. The molecule has 4 heteroatoms. The summed E-state index contributed by atoms with van der Waals surface area (Å²) < 4.78 is 38.3. The van der Waals surface area contributed by atoms with Gasteiger partial charge in [-0.3, -0.25) is 0 Å². The molecule has 0 saturated carbocycles. The first-order valence-corrected chi connectivity index (χ1v) is 5.54. The molecule has 0 atom stereocenters. The number of rotatable bonds is 2. The minimum Gasteiger partial charge on any atom is -0.166 e. The molecule has 0 amide bonds. The number of aryl methyl sites for hydroxylation is 1. The Bertz CT molecular complexity index is 381. The second-order valence-electron chi connectivity index (χ2n) is 4.04. The Balaban J connectivity index is 3.41. The zero-order valence-electron chi connectivity index (χ0n) is 9.45. The fourth-order valence-corrected chi connectivity index (χ4v) is 2.03. The molecule has 0 aliphatic rings. The lowest BCUT2D eigenvalue weighted by atomic mass is 9.96. The van der Waals surface area contributed by atoms with Gasteiger partial charge in [0.2, 0.25) is 0 Å². The van der Waals surface area contributed by atoms with Crippen LogP contribution in [0.5, 0.6) is 0 Å². The average molecular weight is 251 g/mol. The van der Waals surface area contributed by atoms with Crippen LogP contribution in [0, 0.1) is 0 Å². The summed E-state index contributed by atoms with van der Waals surface area (Å²) in [6.07, 6.45) is -3.98. The molecule has 0 aromatic heterocycles. The molecule has 1 rings (SSSR count). The molecule has 0 heterocycles. The lowest BCUT2D eigenvalue weighted by Crippen LogP contribution is -2.10. The zero-order chi connectivity index (χ0) is 12.5. The molecule has 1 aromatic carbocycles. The monoisotopic (exact) mass is 250 g/mol. The molecule has 0 nitrogen and oxygen atoms in total. The summed E-state index contributed by atoms with van der Waals surface area (Å²) in [5.41, 5.74) is 0.233. The van der Waals surface area contributed by atoms with E-state index in [0.717, 1.165) is 0 Å². The molecule has 1 aromatic rings. The number of hydrogen-bond acceptors (Lipinski definition) is 0. The van der Waals surface area contributed by atoms with Crippen molar-refractivity contribution >= 4 is 11.6 Å². The van der Waals surface area contributed by atoms with Gasteiger partial charge >= 0.3 is 6.18 Å². The highest BCUT2D eigenvalue weighted by atomic mass is 35.5. The van der Waals surface area contributed by atoms with Crippen LogP contribution in [-0.2, 0) is 12.6 Å². The van der Waals surface area contributed by atoms with Gasteiger partial charge in [-0.1, -0.05) is 32.4 Å². The van der Waals surface area contributed by atoms with Crippen LogP contribution >= 0.6 is 11.6 Å². The molecule has 0 saturated heterocycles.